The lowest BCUT2D eigenvalue weighted by molar-refractivity contribution is 0.0907. The van der Waals surface area contributed by atoms with Crippen molar-refractivity contribution in [2.75, 3.05) is 20.3 Å². The molecule has 1 aromatic rings. The molecule has 1 aromatic heterocycles. The molecule has 98 valence electrons. The van der Waals surface area contributed by atoms with Gasteiger partial charge in [-0.1, -0.05) is 19.0 Å². The highest BCUT2D eigenvalue weighted by Crippen LogP contribution is 2.07. The monoisotopic (exact) mass is 241 g/mol. The molecule has 0 bridgehead atoms. The summed E-state index contributed by atoms with van der Waals surface area (Å²) in [6, 6.07) is 0.353. The molecule has 5 nitrogen and oxygen atoms in total. The van der Waals surface area contributed by atoms with E-state index in [0.29, 0.717) is 25.1 Å². The number of nitrogens with zero attached hydrogens (tertiary/aromatic N) is 3. The van der Waals surface area contributed by atoms with Gasteiger partial charge >= 0.3 is 0 Å². The Kier molecular flexibility index (Phi) is 6.15. The fourth-order valence-corrected chi connectivity index (χ4v) is 1.78. The lowest BCUT2D eigenvalue weighted by Crippen LogP contribution is -2.35. The van der Waals surface area contributed by atoms with E-state index in [9.17, 15) is 0 Å². The van der Waals surface area contributed by atoms with Gasteiger partial charge in [0.15, 0.2) is 5.82 Å². The highest BCUT2D eigenvalue weighted by atomic mass is 16.5. The molecule has 0 spiro atoms. The Labute approximate surface area is 103 Å². The van der Waals surface area contributed by atoms with Crippen LogP contribution in [0.5, 0.6) is 0 Å². The number of hydrogen-bond donors (Lipinski definition) is 0. The zero-order valence-electron chi connectivity index (χ0n) is 11.3. The summed E-state index contributed by atoms with van der Waals surface area (Å²) < 4.78 is 10.4. The van der Waals surface area contributed by atoms with E-state index in [0.717, 1.165) is 25.2 Å². The summed E-state index contributed by atoms with van der Waals surface area (Å²) in [5.41, 5.74) is 0. The Morgan fingerprint density at radius 2 is 2.18 bits per heavy atom. The molecule has 1 atom stereocenters. The first kappa shape index (κ1) is 14.1. The summed E-state index contributed by atoms with van der Waals surface area (Å²) in [6.07, 6.45) is 1.92. The van der Waals surface area contributed by atoms with Crippen LogP contribution >= 0.6 is 0 Å². The average Bonchev–Trinajstić information content (AvgIpc) is 2.74. The number of aromatic nitrogens is 2. The van der Waals surface area contributed by atoms with Gasteiger partial charge in [0.25, 0.3) is 0 Å². The molecule has 0 aliphatic carbocycles. The van der Waals surface area contributed by atoms with Crippen molar-refractivity contribution in [3.8, 4) is 0 Å². The van der Waals surface area contributed by atoms with Crippen LogP contribution in [0.3, 0.4) is 0 Å². The lowest BCUT2D eigenvalue weighted by atomic mass is 10.3. The van der Waals surface area contributed by atoms with E-state index in [4.69, 9.17) is 9.26 Å². The SMILES string of the molecule is CCCc1noc(CN(CC)[C@H](C)COC)n1. The molecule has 0 unspecified atom stereocenters. The van der Waals surface area contributed by atoms with Crippen molar-refractivity contribution in [3.63, 3.8) is 0 Å². The van der Waals surface area contributed by atoms with Crippen molar-refractivity contribution < 1.29 is 9.26 Å². The first-order valence-electron chi connectivity index (χ1n) is 6.25. The minimum Gasteiger partial charge on any atom is -0.383 e. The van der Waals surface area contributed by atoms with Gasteiger partial charge < -0.3 is 9.26 Å². The molecular weight excluding hydrogens is 218 g/mol. The van der Waals surface area contributed by atoms with Gasteiger partial charge in [0, 0.05) is 19.6 Å². The largest absolute Gasteiger partial charge is 0.383 e. The van der Waals surface area contributed by atoms with E-state index in [1.54, 1.807) is 7.11 Å². The van der Waals surface area contributed by atoms with Gasteiger partial charge in [0.1, 0.15) is 0 Å². The maximum Gasteiger partial charge on any atom is 0.240 e. The second-order valence-electron chi connectivity index (χ2n) is 4.22. The normalized spacial score (nSPS) is 13.2. The maximum atomic E-state index is 5.23. The molecule has 17 heavy (non-hydrogen) atoms. The van der Waals surface area contributed by atoms with Gasteiger partial charge in [-0.05, 0) is 19.9 Å². The topological polar surface area (TPSA) is 51.4 Å². The lowest BCUT2D eigenvalue weighted by Gasteiger charge is -2.25. The Morgan fingerprint density at radius 1 is 1.41 bits per heavy atom. The van der Waals surface area contributed by atoms with Crippen molar-refractivity contribution in [2.45, 2.75) is 46.2 Å². The first-order valence-corrected chi connectivity index (χ1v) is 6.25. The molecule has 1 heterocycles. The summed E-state index contributed by atoms with van der Waals surface area (Å²) in [5, 5.41) is 3.95. The zero-order chi connectivity index (χ0) is 12.7. The van der Waals surface area contributed by atoms with Crippen LogP contribution in [0.25, 0.3) is 0 Å². The van der Waals surface area contributed by atoms with Crippen molar-refractivity contribution in [1.29, 1.82) is 0 Å². The summed E-state index contributed by atoms with van der Waals surface area (Å²) >= 11 is 0. The van der Waals surface area contributed by atoms with E-state index in [1.165, 1.54) is 0 Å². The highest BCUT2D eigenvalue weighted by Gasteiger charge is 2.15. The van der Waals surface area contributed by atoms with Gasteiger partial charge in [0.2, 0.25) is 5.89 Å². The van der Waals surface area contributed by atoms with Crippen LogP contribution < -0.4 is 0 Å². The van der Waals surface area contributed by atoms with Crippen LogP contribution in [0.2, 0.25) is 0 Å². The number of ether oxygens (including phenoxy) is 1. The Balaban J connectivity index is 2.54. The third kappa shape index (κ3) is 4.44. The Hall–Kier alpha value is -0.940. The van der Waals surface area contributed by atoms with Crippen LogP contribution in [0.4, 0.5) is 0 Å². The van der Waals surface area contributed by atoms with E-state index >= 15 is 0 Å². The maximum absolute atomic E-state index is 5.23. The number of aryl methyl sites for hydroxylation is 1. The summed E-state index contributed by atoms with van der Waals surface area (Å²) in [7, 11) is 1.72. The Bertz CT molecular complexity index is 314. The van der Waals surface area contributed by atoms with Crippen molar-refractivity contribution in [2.24, 2.45) is 0 Å². The van der Waals surface area contributed by atoms with Crippen LogP contribution in [-0.2, 0) is 17.7 Å². The quantitative estimate of drug-likeness (QED) is 0.695. The van der Waals surface area contributed by atoms with Crippen molar-refractivity contribution in [1.82, 2.24) is 15.0 Å². The molecule has 0 aliphatic heterocycles. The third-order valence-electron chi connectivity index (χ3n) is 2.76. The van der Waals surface area contributed by atoms with Gasteiger partial charge in [-0.25, -0.2) is 0 Å². The second kappa shape index (κ2) is 7.40. The molecular formula is C12H23N3O2. The molecule has 0 aromatic carbocycles. The molecule has 1 rings (SSSR count). The first-order chi connectivity index (χ1) is 8.21. The molecule has 0 radical (unpaired) electrons. The smallest absolute Gasteiger partial charge is 0.240 e. The van der Waals surface area contributed by atoms with E-state index in [-0.39, 0.29) is 0 Å². The third-order valence-corrected chi connectivity index (χ3v) is 2.76. The molecule has 5 heteroatoms. The highest BCUT2D eigenvalue weighted by molar-refractivity contribution is 4.87. The summed E-state index contributed by atoms with van der Waals surface area (Å²) in [5.74, 6) is 1.50. The predicted molar refractivity (Wildman–Crippen MR) is 65.7 cm³/mol. The second-order valence-corrected chi connectivity index (χ2v) is 4.22. The number of likely N-dealkylation sites (N-methyl/N-ethyl adjacent to an activating group) is 1. The Morgan fingerprint density at radius 3 is 2.76 bits per heavy atom. The van der Waals surface area contributed by atoms with E-state index in [1.807, 2.05) is 0 Å². The minimum atomic E-state index is 0.353. The van der Waals surface area contributed by atoms with Crippen LogP contribution in [0, 0.1) is 0 Å². The summed E-state index contributed by atoms with van der Waals surface area (Å²) in [4.78, 5) is 6.63. The summed E-state index contributed by atoms with van der Waals surface area (Å²) in [6.45, 7) is 8.71. The van der Waals surface area contributed by atoms with E-state index < -0.39 is 0 Å². The van der Waals surface area contributed by atoms with Crippen molar-refractivity contribution >= 4 is 0 Å². The van der Waals surface area contributed by atoms with Gasteiger partial charge in [0.05, 0.1) is 13.2 Å². The number of hydrogen-bond acceptors (Lipinski definition) is 5. The molecule has 0 aliphatic rings. The number of rotatable bonds is 8. The van der Waals surface area contributed by atoms with Gasteiger partial charge in [-0.2, -0.15) is 4.98 Å². The minimum absolute atomic E-state index is 0.353. The zero-order valence-corrected chi connectivity index (χ0v) is 11.3. The van der Waals surface area contributed by atoms with Gasteiger partial charge in [-0.3, -0.25) is 4.90 Å². The van der Waals surface area contributed by atoms with Crippen molar-refractivity contribution in [3.05, 3.63) is 11.7 Å². The van der Waals surface area contributed by atoms with Crippen LogP contribution in [0.15, 0.2) is 4.52 Å². The fourth-order valence-electron chi connectivity index (χ4n) is 1.78. The fraction of sp³-hybridized carbons (Fsp3) is 0.833. The molecule has 0 amide bonds. The van der Waals surface area contributed by atoms with Crippen LogP contribution in [0.1, 0.15) is 38.9 Å². The standard InChI is InChI=1S/C12H23N3O2/c1-5-7-11-13-12(17-14-11)8-15(6-2)10(3)9-16-4/h10H,5-9H2,1-4H3/t10-/m1/s1. The molecule has 0 fully saturated rings. The van der Waals surface area contributed by atoms with Gasteiger partial charge in [-0.15, -0.1) is 0 Å². The molecule has 0 N–H and O–H groups in total. The van der Waals surface area contributed by atoms with E-state index in [2.05, 4.69) is 35.8 Å². The average molecular weight is 241 g/mol. The number of methoxy groups -OCH3 is 1. The van der Waals surface area contributed by atoms with Crippen LogP contribution in [-0.4, -0.2) is 41.3 Å². The predicted octanol–water partition coefficient (Wildman–Crippen LogP) is 1.88. The molecule has 0 saturated carbocycles. The molecule has 0 saturated heterocycles.